The molecule has 2 aliphatic rings. The molecule has 1 aromatic heterocycles. The summed E-state index contributed by atoms with van der Waals surface area (Å²) < 4.78 is 0. The van der Waals surface area contributed by atoms with E-state index in [2.05, 4.69) is 29.0 Å². The van der Waals surface area contributed by atoms with Crippen LogP contribution in [-0.4, -0.2) is 47.3 Å². The fraction of sp³-hybridized carbons (Fsp3) is 0.722. The van der Waals surface area contributed by atoms with Crippen molar-refractivity contribution in [3.8, 4) is 0 Å². The number of hydrogen-bond acceptors (Lipinski definition) is 4. The van der Waals surface area contributed by atoms with E-state index in [1.165, 1.54) is 37.7 Å². The lowest BCUT2D eigenvalue weighted by atomic mass is 9.93. The summed E-state index contributed by atoms with van der Waals surface area (Å²) in [7, 11) is 2.07. The van der Waals surface area contributed by atoms with Gasteiger partial charge in [0, 0.05) is 37.4 Å². The minimum Gasteiger partial charge on any atom is -0.394 e. The molecule has 2 heterocycles. The van der Waals surface area contributed by atoms with Gasteiger partial charge in [-0.15, -0.1) is 0 Å². The molecular formula is C18H29N3O. The number of aryl methyl sites for hydroxylation is 1. The first-order valence-corrected chi connectivity index (χ1v) is 8.73. The molecule has 1 unspecified atom stereocenters. The van der Waals surface area contributed by atoms with Crippen molar-refractivity contribution in [2.75, 3.05) is 25.1 Å². The number of anilines is 1. The van der Waals surface area contributed by atoms with Gasteiger partial charge >= 0.3 is 0 Å². The Bertz CT molecular complexity index is 499. The largest absolute Gasteiger partial charge is 0.394 e. The topological polar surface area (TPSA) is 39.6 Å². The summed E-state index contributed by atoms with van der Waals surface area (Å²) in [6, 6.07) is 5.22. The van der Waals surface area contributed by atoms with Crippen LogP contribution in [0.15, 0.2) is 12.1 Å². The van der Waals surface area contributed by atoms with Crippen LogP contribution in [-0.2, 0) is 6.54 Å². The summed E-state index contributed by atoms with van der Waals surface area (Å²) in [6.07, 6.45) is 7.79. The maximum atomic E-state index is 9.78. The van der Waals surface area contributed by atoms with E-state index < -0.39 is 0 Å². The molecule has 0 saturated heterocycles. The van der Waals surface area contributed by atoms with Gasteiger partial charge in [-0.1, -0.05) is 25.3 Å². The van der Waals surface area contributed by atoms with Gasteiger partial charge in [0.1, 0.15) is 5.82 Å². The summed E-state index contributed by atoms with van der Waals surface area (Å²) in [5.41, 5.74) is 2.35. The number of rotatable bonds is 2. The third-order valence-corrected chi connectivity index (χ3v) is 5.40. The first-order valence-electron chi connectivity index (χ1n) is 8.73. The highest BCUT2D eigenvalue weighted by Crippen LogP contribution is 2.29. The van der Waals surface area contributed by atoms with E-state index in [0.717, 1.165) is 31.0 Å². The van der Waals surface area contributed by atoms with Crippen LogP contribution in [0.5, 0.6) is 0 Å². The van der Waals surface area contributed by atoms with Gasteiger partial charge in [-0.25, -0.2) is 4.98 Å². The van der Waals surface area contributed by atoms with Crippen molar-refractivity contribution in [1.29, 1.82) is 0 Å². The lowest BCUT2D eigenvalue weighted by molar-refractivity contribution is 0.133. The lowest BCUT2D eigenvalue weighted by Crippen LogP contribution is -2.45. The van der Waals surface area contributed by atoms with Crippen molar-refractivity contribution in [3.63, 3.8) is 0 Å². The van der Waals surface area contributed by atoms with Gasteiger partial charge in [0.2, 0.25) is 0 Å². The van der Waals surface area contributed by atoms with Gasteiger partial charge in [-0.2, -0.15) is 0 Å². The number of nitrogens with zero attached hydrogens (tertiary/aromatic N) is 3. The number of pyridine rings is 1. The van der Waals surface area contributed by atoms with Gasteiger partial charge in [0.25, 0.3) is 0 Å². The Morgan fingerprint density at radius 1 is 1.18 bits per heavy atom. The quantitative estimate of drug-likeness (QED) is 0.912. The molecule has 0 spiro atoms. The van der Waals surface area contributed by atoms with Crippen molar-refractivity contribution >= 4 is 5.82 Å². The minimum atomic E-state index is 0.166. The molecule has 0 bridgehead atoms. The van der Waals surface area contributed by atoms with Crippen LogP contribution in [0.25, 0.3) is 0 Å². The van der Waals surface area contributed by atoms with Crippen molar-refractivity contribution in [1.82, 2.24) is 9.88 Å². The molecule has 0 aromatic carbocycles. The molecule has 1 atom stereocenters. The zero-order chi connectivity index (χ0) is 15.5. The van der Waals surface area contributed by atoms with Gasteiger partial charge in [0.15, 0.2) is 0 Å². The normalized spacial score (nSPS) is 24.7. The van der Waals surface area contributed by atoms with E-state index in [1.807, 2.05) is 6.92 Å². The monoisotopic (exact) mass is 303 g/mol. The van der Waals surface area contributed by atoms with Crippen LogP contribution in [0, 0.1) is 6.92 Å². The summed E-state index contributed by atoms with van der Waals surface area (Å²) in [5.74, 6) is 1.06. The fourth-order valence-corrected chi connectivity index (χ4v) is 3.95. The van der Waals surface area contributed by atoms with Crippen LogP contribution >= 0.6 is 0 Å². The summed E-state index contributed by atoms with van der Waals surface area (Å²) in [6.45, 7) is 4.31. The molecule has 1 fully saturated rings. The Balaban J connectivity index is 1.89. The Morgan fingerprint density at radius 3 is 2.68 bits per heavy atom. The van der Waals surface area contributed by atoms with Crippen LogP contribution in [0.3, 0.4) is 0 Å². The predicted octanol–water partition coefficient (Wildman–Crippen LogP) is 2.73. The number of aliphatic hydroxyl groups excluding tert-OH is 1. The SMILES string of the molecule is Cc1ccc2c(n1)N(C)C(CO)CCN(C1CCCCC1)C2. The molecule has 1 saturated carbocycles. The van der Waals surface area contributed by atoms with Crippen LogP contribution in [0.1, 0.15) is 49.8 Å². The van der Waals surface area contributed by atoms with Gasteiger partial charge < -0.3 is 10.0 Å². The van der Waals surface area contributed by atoms with Gasteiger partial charge in [-0.05, 0) is 32.3 Å². The second-order valence-electron chi connectivity index (χ2n) is 6.93. The van der Waals surface area contributed by atoms with E-state index in [0.29, 0.717) is 6.04 Å². The molecule has 3 rings (SSSR count). The molecule has 1 aliphatic carbocycles. The molecule has 1 aliphatic heterocycles. The molecule has 22 heavy (non-hydrogen) atoms. The summed E-state index contributed by atoms with van der Waals surface area (Å²) >= 11 is 0. The second kappa shape index (κ2) is 6.97. The van der Waals surface area contributed by atoms with Crippen LogP contribution in [0.2, 0.25) is 0 Å². The molecule has 122 valence electrons. The Hall–Kier alpha value is -1.13. The van der Waals surface area contributed by atoms with E-state index in [-0.39, 0.29) is 12.6 Å². The number of aliphatic hydroxyl groups is 1. The fourth-order valence-electron chi connectivity index (χ4n) is 3.95. The van der Waals surface area contributed by atoms with E-state index in [1.54, 1.807) is 0 Å². The summed E-state index contributed by atoms with van der Waals surface area (Å²) in [5, 5.41) is 9.78. The molecule has 0 radical (unpaired) electrons. The smallest absolute Gasteiger partial charge is 0.133 e. The molecule has 4 heteroatoms. The first-order chi connectivity index (χ1) is 10.7. The van der Waals surface area contributed by atoms with Crippen molar-refractivity contribution in [2.45, 2.75) is 64.1 Å². The maximum absolute atomic E-state index is 9.78. The predicted molar refractivity (Wildman–Crippen MR) is 90.2 cm³/mol. The average molecular weight is 303 g/mol. The average Bonchev–Trinajstić information content (AvgIpc) is 2.54. The van der Waals surface area contributed by atoms with Crippen molar-refractivity contribution < 1.29 is 5.11 Å². The third kappa shape index (κ3) is 3.28. The maximum Gasteiger partial charge on any atom is 0.133 e. The number of likely N-dealkylation sites (N-methyl/N-ethyl adjacent to an activating group) is 1. The highest BCUT2D eigenvalue weighted by molar-refractivity contribution is 5.48. The molecular weight excluding hydrogens is 274 g/mol. The molecule has 1 N–H and O–H groups in total. The third-order valence-electron chi connectivity index (χ3n) is 5.40. The first kappa shape index (κ1) is 15.8. The van der Waals surface area contributed by atoms with Crippen LogP contribution < -0.4 is 4.90 Å². The standard InChI is InChI=1S/C18H29N3O/c1-14-8-9-15-12-21(16-6-4-3-5-7-16)11-10-17(13-22)20(2)18(15)19-14/h8-9,16-17,22H,3-7,10-13H2,1-2H3. The molecule has 1 aromatic rings. The van der Waals surface area contributed by atoms with Crippen molar-refractivity contribution in [2.24, 2.45) is 0 Å². The Morgan fingerprint density at radius 2 is 1.95 bits per heavy atom. The zero-order valence-corrected chi connectivity index (χ0v) is 14.0. The van der Waals surface area contributed by atoms with Gasteiger partial charge in [-0.3, -0.25) is 4.90 Å². The minimum absolute atomic E-state index is 0.166. The highest BCUT2D eigenvalue weighted by Gasteiger charge is 2.28. The van der Waals surface area contributed by atoms with Crippen molar-refractivity contribution in [3.05, 3.63) is 23.4 Å². The van der Waals surface area contributed by atoms with Crippen LogP contribution in [0.4, 0.5) is 5.82 Å². The summed E-state index contributed by atoms with van der Waals surface area (Å²) in [4.78, 5) is 9.59. The van der Waals surface area contributed by atoms with E-state index in [9.17, 15) is 5.11 Å². The molecule has 0 amide bonds. The number of hydrogen-bond donors (Lipinski definition) is 1. The second-order valence-corrected chi connectivity index (χ2v) is 6.93. The van der Waals surface area contributed by atoms with Gasteiger partial charge in [0.05, 0.1) is 12.6 Å². The lowest BCUT2D eigenvalue weighted by Gasteiger charge is -2.40. The van der Waals surface area contributed by atoms with E-state index in [4.69, 9.17) is 4.98 Å². The Labute approximate surface area is 134 Å². The Kier molecular flexibility index (Phi) is 4.99. The highest BCUT2D eigenvalue weighted by atomic mass is 16.3. The number of aromatic nitrogens is 1. The molecule has 4 nitrogen and oxygen atoms in total. The van der Waals surface area contributed by atoms with E-state index >= 15 is 0 Å². The zero-order valence-electron chi connectivity index (χ0n) is 14.0. The number of fused-ring (bicyclic) bond motifs is 1.